The average Bonchev–Trinajstić information content (AvgIpc) is 2.70. The van der Waals surface area contributed by atoms with Crippen molar-refractivity contribution in [2.24, 2.45) is 0 Å². The van der Waals surface area contributed by atoms with E-state index in [4.69, 9.17) is 23.7 Å². The molecule has 7 nitrogen and oxygen atoms in total. The fourth-order valence-corrected chi connectivity index (χ4v) is 2.28. The van der Waals surface area contributed by atoms with E-state index in [1.54, 1.807) is 24.3 Å². The number of hydrogen-bond donors (Lipinski definition) is 0. The number of Topliss-reactive ketones (excluding diaryl/α,β-unsaturated/α-hetero) is 1. The van der Waals surface area contributed by atoms with E-state index >= 15 is 0 Å². The van der Waals surface area contributed by atoms with Crippen molar-refractivity contribution in [3.63, 3.8) is 0 Å². The fraction of sp³-hybridized carbons (Fsp3) is 0.263. The molecule has 0 aromatic heterocycles. The van der Waals surface area contributed by atoms with E-state index in [1.807, 2.05) is 0 Å². The Morgan fingerprint density at radius 3 is 2.08 bits per heavy atom. The van der Waals surface area contributed by atoms with Crippen LogP contribution < -0.4 is 18.9 Å². The zero-order chi connectivity index (χ0) is 19.1. The normalized spacial score (nSPS) is 10.0. The predicted octanol–water partition coefficient (Wildman–Crippen LogP) is 2.76. The van der Waals surface area contributed by atoms with E-state index < -0.39 is 18.4 Å². The van der Waals surface area contributed by atoms with Crippen LogP contribution >= 0.6 is 0 Å². The van der Waals surface area contributed by atoms with Crippen molar-refractivity contribution < 1.29 is 33.3 Å². The molecule has 0 heterocycles. The Bertz CT molecular complexity index is 798. The van der Waals surface area contributed by atoms with Crippen LogP contribution in [0.2, 0.25) is 0 Å². The lowest BCUT2D eigenvalue weighted by atomic mass is 10.1. The number of ketones is 1. The molecule has 0 unspecified atom stereocenters. The third-order valence-electron chi connectivity index (χ3n) is 3.66. The van der Waals surface area contributed by atoms with Crippen LogP contribution in [0.3, 0.4) is 0 Å². The molecular formula is C19H20O7. The molecular weight excluding hydrogens is 340 g/mol. The van der Waals surface area contributed by atoms with Gasteiger partial charge in [-0.25, -0.2) is 4.79 Å². The summed E-state index contributed by atoms with van der Waals surface area (Å²) in [5.74, 6) is 0.746. The summed E-state index contributed by atoms with van der Waals surface area (Å²) in [5.41, 5.74) is 0.547. The lowest BCUT2D eigenvalue weighted by molar-refractivity contribution is 0.0473. The topological polar surface area (TPSA) is 80.3 Å². The highest BCUT2D eigenvalue weighted by Crippen LogP contribution is 2.28. The first-order chi connectivity index (χ1) is 12.5. The van der Waals surface area contributed by atoms with Gasteiger partial charge >= 0.3 is 5.97 Å². The van der Waals surface area contributed by atoms with Crippen molar-refractivity contribution in [2.45, 2.75) is 0 Å². The van der Waals surface area contributed by atoms with Crippen LogP contribution in [0.4, 0.5) is 0 Å². The smallest absolute Gasteiger partial charge is 0.338 e. The highest BCUT2D eigenvalue weighted by molar-refractivity contribution is 6.01. The minimum atomic E-state index is -0.646. The molecule has 0 fully saturated rings. The van der Waals surface area contributed by atoms with Crippen molar-refractivity contribution in [1.82, 2.24) is 0 Å². The first-order valence-electron chi connectivity index (χ1n) is 7.68. The minimum Gasteiger partial charge on any atom is -0.497 e. The molecule has 0 saturated carbocycles. The largest absolute Gasteiger partial charge is 0.497 e. The Kier molecular flexibility index (Phi) is 6.43. The van der Waals surface area contributed by atoms with E-state index in [0.717, 1.165) is 0 Å². The predicted molar refractivity (Wildman–Crippen MR) is 93.7 cm³/mol. The van der Waals surface area contributed by atoms with Gasteiger partial charge < -0.3 is 23.7 Å². The number of carbonyl (C=O) groups excluding carboxylic acids is 2. The summed E-state index contributed by atoms with van der Waals surface area (Å²) in [6.45, 7) is -0.421. The van der Waals surface area contributed by atoms with Crippen LogP contribution in [0.15, 0.2) is 36.4 Å². The first-order valence-corrected chi connectivity index (χ1v) is 7.68. The van der Waals surface area contributed by atoms with Gasteiger partial charge in [-0.05, 0) is 30.3 Å². The molecule has 26 heavy (non-hydrogen) atoms. The molecule has 2 rings (SSSR count). The van der Waals surface area contributed by atoms with Crippen molar-refractivity contribution in [3.8, 4) is 23.0 Å². The van der Waals surface area contributed by atoms with Crippen LogP contribution in [0.1, 0.15) is 20.7 Å². The molecule has 138 valence electrons. The second kappa shape index (κ2) is 8.75. The summed E-state index contributed by atoms with van der Waals surface area (Å²) in [6, 6.07) is 9.38. The molecule has 0 bridgehead atoms. The number of carbonyl (C=O) groups is 2. The Labute approximate surface area is 151 Å². The van der Waals surface area contributed by atoms with E-state index in [1.165, 1.54) is 40.6 Å². The molecule has 7 heteroatoms. The van der Waals surface area contributed by atoms with Crippen LogP contribution in [-0.4, -0.2) is 46.8 Å². The molecule has 2 aromatic carbocycles. The van der Waals surface area contributed by atoms with Crippen LogP contribution in [0, 0.1) is 0 Å². The lowest BCUT2D eigenvalue weighted by Gasteiger charge is -2.11. The molecule has 2 aromatic rings. The zero-order valence-electron chi connectivity index (χ0n) is 15.0. The number of hydrogen-bond acceptors (Lipinski definition) is 7. The maximum Gasteiger partial charge on any atom is 0.338 e. The second-order valence-corrected chi connectivity index (χ2v) is 5.14. The van der Waals surface area contributed by atoms with Gasteiger partial charge in [0.05, 0.1) is 39.6 Å². The quantitative estimate of drug-likeness (QED) is 0.529. The van der Waals surface area contributed by atoms with Gasteiger partial charge in [-0.3, -0.25) is 4.79 Å². The second-order valence-electron chi connectivity index (χ2n) is 5.14. The number of methoxy groups -OCH3 is 4. The summed E-state index contributed by atoms with van der Waals surface area (Å²) in [7, 11) is 5.92. The maximum absolute atomic E-state index is 12.3. The third-order valence-corrected chi connectivity index (χ3v) is 3.66. The maximum atomic E-state index is 12.3. The van der Waals surface area contributed by atoms with Gasteiger partial charge in [-0.2, -0.15) is 0 Å². The number of rotatable bonds is 8. The van der Waals surface area contributed by atoms with Gasteiger partial charge in [0.25, 0.3) is 0 Å². The summed E-state index contributed by atoms with van der Waals surface area (Å²) < 4.78 is 25.6. The Hall–Kier alpha value is -3.22. The Balaban J connectivity index is 2.08. The average molecular weight is 360 g/mol. The van der Waals surface area contributed by atoms with Gasteiger partial charge in [0.2, 0.25) is 5.78 Å². The van der Waals surface area contributed by atoms with Gasteiger partial charge in [0.1, 0.15) is 11.5 Å². The monoisotopic (exact) mass is 360 g/mol. The minimum absolute atomic E-state index is 0.247. The lowest BCUT2D eigenvalue weighted by Crippen LogP contribution is -2.15. The Morgan fingerprint density at radius 1 is 0.769 bits per heavy atom. The number of ether oxygens (including phenoxy) is 5. The van der Waals surface area contributed by atoms with Crippen molar-refractivity contribution in [2.75, 3.05) is 35.0 Å². The van der Waals surface area contributed by atoms with Gasteiger partial charge in [0, 0.05) is 6.07 Å². The van der Waals surface area contributed by atoms with E-state index in [0.29, 0.717) is 28.6 Å². The standard InChI is InChI=1S/C19H20O7/c1-22-13-6-7-14(17(10-13)24-3)15(20)11-26-19(21)12-5-8-16(23-2)18(9-12)25-4/h5-10H,11H2,1-4H3. The highest BCUT2D eigenvalue weighted by atomic mass is 16.5. The first kappa shape index (κ1) is 19.1. The van der Waals surface area contributed by atoms with E-state index in [2.05, 4.69) is 0 Å². The van der Waals surface area contributed by atoms with Gasteiger partial charge in [-0.15, -0.1) is 0 Å². The summed E-state index contributed by atoms with van der Waals surface area (Å²) in [5, 5.41) is 0. The van der Waals surface area contributed by atoms with Crippen LogP contribution in [-0.2, 0) is 4.74 Å². The summed E-state index contributed by atoms with van der Waals surface area (Å²) in [4.78, 5) is 24.5. The molecule has 0 aliphatic rings. The molecule has 0 aliphatic heterocycles. The molecule has 0 aliphatic carbocycles. The van der Waals surface area contributed by atoms with Gasteiger partial charge in [0.15, 0.2) is 18.1 Å². The third kappa shape index (κ3) is 4.24. The highest BCUT2D eigenvalue weighted by Gasteiger charge is 2.17. The Morgan fingerprint density at radius 2 is 1.46 bits per heavy atom. The molecule has 0 spiro atoms. The summed E-state index contributed by atoms with van der Waals surface area (Å²) in [6.07, 6.45) is 0. The van der Waals surface area contributed by atoms with E-state index in [-0.39, 0.29) is 5.56 Å². The van der Waals surface area contributed by atoms with Crippen LogP contribution in [0.5, 0.6) is 23.0 Å². The zero-order valence-corrected chi connectivity index (χ0v) is 15.0. The molecule has 0 N–H and O–H groups in total. The van der Waals surface area contributed by atoms with Crippen LogP contribution in [0.25, 0.3) is 0 Å². The fourth-order valence-electron chi connectivity index (χ4n) is 2.28. The molecule has 0 atom stereocenters. The SMILES string of the molecule is COc1ccc(C(=O)COC(=O)c2ccc(OC)c(OC)c2)c(OC)c1. The van der Waals surface area contributed by atoms with Gasteiger partial charge in [-0.1, -0.05) is 0 Å². The molecule has 0 amide bonds. The summed E-state index contributed by atoms with van der Waals surface area (Å²) >= 11 is 0. The molecule has 0 saturated heterocycles. The number of esters is 1. The van der Waals surface area contributed by atoms with Crippen molar-refractivity contribution in [1.29, 1.82) is 0 Å². The molecule has 0 radical (unpaired) electrons. The van der Waals surface area contributed by atoms with Crippen molar-refractivity contribution in [3.05, 3.63) is 47.5 Å². The van der Waals surface area contributed by atoms with E-state index in [9.17, 15) is 9.59 Å². The number of benzene rings is 2. The van der Waals surface area contributed by atoms with Crippen molar-refractivity contribution >= 4 is 11.8 Å².